The van der Waals surface area contributed by atoms with Crippen molar-refractivity contribution in [2.24, 2.45) is 0 Å². The van der Waals surface area contributed by atoms with E-state index in [2.05, 4.69) is 52.1 Å². The van der Waals surface area contributed by atoms with E-state index in [4.69, 9.17) is 4.74 Å². The van der Waals surface area contributed by atoms with Crippen LogP contribution in [0.25, 0.3) is 0 Å². The third-order valence-electron chi connectivity index (χ3n) is 3.96. The molecule has 0 unspecified atom stereocenters. The Labute approximate surface area is 131 Å². The summed E-state index contributed by atoms with van der Waals surface area (Å²) in [5, 5.41) is 3.38. The molecule has 0 saturated heterocycles. The van der Waals surface area contributed by atoms with Gasteiger partial charge in [0.2, 0.25) is 0 Å². The highest BCUT2D eigenvalue weighted by atomic mass is 16.5. The lowest BCUT2D eigenvalue weighted by atomic mass is 9.92. The fourth-order valence-corrected chi connectivity index (χ4v) is 2.72. The van der Waals surface area contributed by atoms with Crippen LogP contribution in [0.1, 0.15) is 56.9 Å². The second-order valence-corrected chi connectivity index (χ2v) is 5.92. The molecule has 21 heavy (non-hydrogen) atoms. The molecule has 2 nitrogen and oxygen atoms in total. The van der Waals surface area contributed by atoms with Crippen LogP contribution < -0.4 is 5.32 Å². The smallest absolute Gasteiger partial charge is 0.0591 e. The Kier molecular flexibility index (Phi) is 8.63. The Morgan fingerprint density at radius 2 is 1.57 bits per heavy atom. The van der Waals surface area contributed by atoms with Crippen molar-refractivity contribution in [3.05, 3.63) is 34.4 Å². The minimum absolute atomic E-state index is 0.536. The van der Waals surface area contributed by atoms with Crippen molar-refractivity contribution in [3.63, 3.8) is 0 Å². The largest absolute Gasteiger partial charge is 0.380 e. The Bertz CT molecular complexity index is 387. The quantitative estimate of drug-likeness (QED) is 0.660. The van der Waals surface area contributed by atoms with Crippen molar-refractivity contribution < 1.29 is 4.74 Å². The zero-order valence-corrected chi connectivity index (χ0v) is 14.6. The van der Waals surface area contributed by atoms with Gasteiger partial charge in [-0.05, 0) is 47.9 Å². The van der Waals surface area contributed by atoms with Gasteiger partial charge in [0, 0.05) is 12.6 Å². The highest BCUT2D eigenvalue weighted by molar-refractivity contribution is 5.39. The second-order valence-electron chi connectivity index (χ2n) is 5.92. The number of aryl methyl sites for hydroxylation is 3. The van der Waals surface area contributed by atoms with Crippen LogP contribution >= 0.6 is 0 Å². The summed E-state index contributed by atoms with van der Waals surface area (Å²) in [6.07, 6.45) is 4.39. The fourth-order valence-electron chi connectivity index (χ4n) is 2.72. The maximum Gasteiger partial charge on any atom is 0.0591 e. The first-order chi connectivity index (χ1) is 10.1. The fraction of sp³-hybridized carbons (Fsp3) is 0.684. The Morgan fingerprint density at radius 1 is 0.952 bits per heavy atom. The first-order valence-corrected chi connectivity index (χ1v) is 8.56. The highest BCUT2D eigenvalue weighted by Gasteiger charge is 2.08. The minimum Gasteiger partial charge on any atom is -0.380 e. The Balaban J connectivity index is 2.57. The Morgan fingerprint density at radius 3 is 2.05 bits per heavy atom. The van der Waals surface area contributed by atoms with Gasteiger partial charge in [0.25, 0.3) is 0 Å². The lowest BCUT2D eigenvalue weighted by Crippen LogP contribution is -2.27. The summed E-state index contributed by atoms with van der Waals surface area (Å²) < 4.78 is 5.78. The average molecular weight is 291 g/mol. The molecule has 120 valence electrons. The number of benzene rings is 1. The van der Waals surface area contributed by atoms with E-state index >= 15 is 0 Å². The van der Waals surface area contributed by atoms with E-state index < -0.39 is 0 Å². The minimum atomic E-state index is 0.536. The van der Waals surface area contributed by atoms with Crippen LogP contribution in [-0.2, 0) is 30.4 Å². The van der Waals surface area contributed by atoms with Crippen molar-refractivity contribution in [2.75, 3.05) is 19.8 Å². The van der Waals surface area contributed by atoms with Crippen LogP contribution in [0.4, 0.5) is 0 Å². The molecule has 0 fully saturated rings. The zero-order valence-electron chi connectivity index (χ0n) is 14.6. The van der Waals surface area contributed by atoms with Crippen LogP contribution in [0.5, 0.6) is 0 Å². The molecule has 0 radical (unpaired) electrons. The highest BCUT2D eigenvalue weighted by Crippen LogP contribution is 2.20. The first-order valence-electron chi connectivity index (χ1n) is 8.56. The molecular formula is C19H33NO. The molecule has 0 saturated carbocycles. The summed E-state index contributed by atoms with van der Waals surface area (Å²) in [5.74, 6) is 0. The van der Waals surface area contributed by atoms with Crippen molar-refractivity contribution in [3.8, 4) is 0 Å². The molecule has 1 aromatic rings. The third kappa shape index (κ3) is 6.19. The van der Waals surface area contributed by atoms with Gasteiger partial charge in [-0.1, -0.05) is 46.8 Å². The van der Waals surface area contributed by atoms with E-state index in [-0.39, 0.29) is 0 Å². The second kappa shape index (κ2) is 9.97. The van der Waals surface area contributed by atoms with Crippen LogP contribution in [0, 0.1) is 0 Å². The molecular weight excluding hydrogens is 258 g/mol. The molecule has 0 amide bonds. The zero-order chi connectivity index (χ0) is 15.7. The lowest BCUT2D eigenvalue weighted by molar-refractivity contribution is 0.137. The van der Waals surface area contributed by atoms with Gasteiger partial charge in [0.15, 0.2) is 0 Å². The summed E-state index contributed by atoms with van der Waals surface area (Å²) in [6.45, 7) is 13.6. The summed E-state index contributed by atoms with van der Waals surface area (Å²) in [4.78, 5) is 0. The molecule has 1 aromatic carbocycles. The summed E-state index contributed by atoms with van der Waals surface area (Å²) >= 11 is 0. The molecule has 0 aliphatic carbocycles. The van der Waals surface area contributed by atoms with E-state index in [0.29, 0.717) is 6.04 Å². The van der Waals surface area contributed by atoms with Gasteiger partial charge in [-0.25, -0.2) is 0 Å². The normalized spacial score (nSPS) is 11.3. The Hall–Kier alpha value is -0.860. The van der Waals surface area contributed by atoms with Gasteiger partial charge in [0.1, 0.15) is 0 Å². The van der Waals surface area contributed by atoms with E-state index in [1.807, 2.05) is 0 Å². The van der Waals surface area contributed by atoms with Crippen LogP contribution in [0.15, 0.2) is 12.1 Å². The maximum atomic E-state index is 5.78. The summed E-state index contributed by atoms with van der Waals surface area (Å²) in [7, 11) is 0. The van der Waals surface area contributed by atoms with E-state index in [1.165, 1.54) is 22.3 Å². The van der Waals surface area contributed by atoms with Crippen molar-refractivity contribution in [1.29, 1.82) is 0 Å². The van der Waals surface area contributed by atoms with Crippen LogP contribution in [0.3, 0.4) is 0 Å². The number of ether oxygens (including phenoxy) is 1. The standard InChI is InChI=1S/C19H33NO/c1-6-16-13-17(7-2)19(18(8-3)14-16)9-11-21-12-10-20-15(4)5/h13-15,20H,6-12H2,1-5H3. The number of nitrogens with one attached hydrogen (secondary N) is 1. The van der Waals surface area contributed by atoms with Gasteiger partial charge in [-0.3, -0.25) is 0 Å². The van der Waals surface area contributed by atoms with Crippen molar-refractivity contribution in [1.82, 2.24) is 5.32 Å². The van der Waals surface area contributed by atoms with Gasteiger partial charge in [-0.15, -0.1) is 0 Å². The number of hydrogen-bond donors (Lipinski definition) is 1. The van der Waals surface area contributed by atoms with Gasteiger partial charge in [-0.2, -0.15) is 0 Å². The van der Waals surface area contributed by atoms with Gasteiger partial charge in [0.05, 0.1) is 13.2 Å². The molecule has 0 bridgehead atoms. The molecule has 0 atom stereocenters. The lowest BCUT2D eigenvalue weighted by Gasteiger charge is -2.16. The van der Waals surface area contributed by atoms with E-state index in [0.717, 1.165) is 45.4 Å². The number of rotatable bonds is 10. The molecule has 0 spiro atoms. The molecule has 0 aliphatic heterocycles. The molecule has 0 aromatic heterocycles. The molecule has 2 heteroatoms. The summed E-state index contributed by atoms with van der Waals surface area (Å²) in [5.41, 5.74) is 6.01. The monoisotopic (exact) mass is 291 g/mol. The predicted octanol–water partition coefficient (Wildman–Crippen LogP) is 3.93. The average Bonchev–Trinajstić information content (AvgIpc) is 2.49. The molecule has 1 N–H and O–H groups in total. The number of hydrogen-bond acceptors (Lipinski definition) is 2. The van der Waals surface area contributed by atoms with Crippen LogP contribution in [0.2, 0.25) is 0 Å². The summed E-state index contributed by atoms with van der Waals surface area (Å²) in [6, 6.07) is 5.30. The van der Waals surface area contributed by atoms with Crippen molar-refractivity contribution >= 4 is 0 Å². The van der Waals surface area contributed by atoms with Gasteiger partial charge >= 0.3 is 0 Å². The SMILES string of the molecule is CCc1cc(CC)c(CCOCCNC(C)C)c(CC)c1. The molecule has 0 aliphatic rings. The topological polar surface area (TPSA) is 21.3 Å². The predicted molar refractivity (Wildman–Crippen MR) is 92.2 cm³/mol. The molecule has 1 rings (SSSR count). The third-order valence-corrected chi connectivity index (χ3v) is 3.96. The van der Waals surface area contributed by atoms with E-state index in [9.17, 15) is 0 Å². The van der Waals surface area contributed by atoms with Gasteiger partial charge < -0.3 is 10.1 Å². The first kappa shape index (κ1) is 18.2. The maximum absolute atomic E-state index is 5.78. The van der Waals surface area contributed by atoms with Crippen LogP contribution in [-0.4, -0.2) is 25.8 Å². The van der Waals surface area contributed by atoms with Crippen molar-refractivity contribution in [2.45, 2.75) is 66.3 Å². The molecule has 0 heterocycles. The van der Waals surface area contributed by atoms with E-state index in [1.54, 1.807) is 0 Å².